The fourth-order valence-corrected chi connectivity index (χ4v) is 6.86. The summed E-state index contributed by atoms with van der Waals surface area (Å²) in [6, 6.07) is 11.1. The lowest BCUT2D eigenvalue weighted by Gasteiger charge is -2.19. The van der Waals surface area contributed by atoms with Crippen LogP contribution in [0.3, 0.4) is 0 Å². The Balaban J connectivity index is 0.000000344. The highest BCUT2D eigenvalue weighted by Crippen LogP contribution is 2.31. The highest BCUT2D eigenvalue weighted by molar-refractivity contribution is 7.89. The third-order valence-electron chi connectivity index (χ3n) is 7.43. The van der Waals surface area contributed by atoms with E-state index in [0.29, 0.717) is 11.5 Å². The number of hydrogen-bond donors (Lipinski definition) is 6. The first-order valence-corrected chi connectivity index (χ1v) is 21.9. The average molecular weight is 964 g/mol. The number of ether oxygens (including phenoxy) is 5. The Morgan fingerprint density at radius 1 is 0.683 bits per heavy atom. The number of carbonyl (C=O) groups excluding carboxylic acids is 5. The maximum Gasteiger partial charge on any atom is 0.407 e. The van der Waals surface area contributed by atoms with Crippen molar-refractivity contribution in [2.75, 3.05) is 37.3 Å². The Labute approximate surface area is 371 Å². The van der Waals surface area contributed by atoms with Gasteiger partial charge in [0.2, 0.25) is 33.6 Å². The maximum atomic E-state index is 12.6. The third-order valence-corrected chi connectivity index (χ3v) is 10.2. The van der Waals surface area contributed by atoms with E-state index in [4.69, 9.17) is 67.0 Å². The smallest absolute Gasteiger partial charge is 0.407 e. The van der Waals surface area contributed by atoms with E-state index in [9.17, 15) is 40.8 Å². The number of nitrogens with one attached hydrogen (secondary N) is 3. The van der Waals surface area contributed by atoms with Gasteiger partial charge in [0.15, 0.2) is 0 Å². The molecule has 0 aliphatic carbocycles. The number of rotatable bonds is 19. The lowest BCUT2D eigenvalue weighted by molar-refractivity contribution is -0.153. The monoisotopic (exact) mass is 962 g/mol. The molecule has 0 spiro atoms. The van der Waals surface area contributed by atoms with Crippen molar-refractivity contribution in [3.8, 4) is 0 Å². The van der Waals surface area contributed by atoms with Crippen LogP contribution in [0, 0.1) is 0 Å². The standard InChI is InChI=1S/C21H26ClN3O9S.C16H18ClN3O7S/c1-21(2,3)34-20(28)24-7-6-18(26)32-12-33-19(27)14-9-17(35(23,29)30)15(22)10-16(14)25-11-13-5-4-8-31-13;17-12-7-13(20-8-10-2-1-5-25-10)11(6-14(12)28(19,23)24)16(22)27-9-26-15(21)3-4-18/h4-5,8-10,25H,6-7,11-12H2,1-3H3,(H,24,28)(H2,23,29,30);1-2,5-7,20H,3-4,8-9,18H2,(H2,19,23,24). The second-order valence-corrected chi connectivity index (χ2v) is 17.3. The molecule has 0 fully saturated rings. The van der Waals surface area contributed by atoms with Crippen molar-refractivity contribution < 1.29 is 73.3 Å². The van der Waals surface area contributed by atoms with Crippen LogP contribution in [0.25, 0.3) is 0 Å². The van der Waals surface area contributed by atoms with Gasteiger partial charge >= 0.3 is 30.0 Å². The van der Waals surface area contributed by atoms with Gasteiger partial charge in [0.05, 0.1) is 71.0 Å². The van der Waals surface area contributed by atoms with Gasteiger partial charge < -0.3 is 54.2 Å². The van der Waals surface area contributed by atoms with Gasteiger partial charge in [-0.1, -0.05) is 23.2 Å². The third kappa shape index (κ3) is 17.8. The van der Waals surface area contributed by atoms with Crippen LogP contribution in [-0.2, 0) is 66.4 Å². The van der Waals surface area contributed by atoms with Crippen molar-refractivity contribution in [1.82, 2.24) is 5.32 Å². The molecule has 0 bridgehead atoms. The van der Waals surface area contributed by atoms with Crippen LogP contribution in [0.1, 0.15) is 65.8 Å². The molecule has 0 aliphatic rings. The molecular weight excluding hydrogens is 919 g/mol. The molecule has 2 aromatic heterocycles. The first kappa shape index (κ1) is 51.5. The molecule has 2 heterocycles. The molecule has 22 nitrogen and oxygen atoms in total. The molecule has 0 unspecified atom stereocenters. The number of nitrogens with two attached hydrogens (primary N) is 3. The number of sulfonamides is 2. The molecule has 26 heteroatoms. The minimum Gasteiger partial charge on any atom is -0.467 e. The maximum absolute atomic E-state index is 12.6. The summed E-state index contributed by atoms with van der Waals surface area (Å²) >= 11 is 12.0. The Kier molecular flexibility index (Phi) is 19.2. The van der Waals surface area contributed by atoms with Crippen LogP contribution >= 0.6 is 23.2 Å². The number of amides is 1. The van der Waals surface area contributed by atoms with Crippen LogP contribution in [-0.4, -0.2) is 79.1 Å². The average Bonchev–Trinajstić information content (AvgIpc) is 3.90. The Morgan fingerprint density at radius 2 is 1.11 bits per heavy atom. The van der Waals surface area contributed by atoms with Crippen LogP contribution < -0.4 is 32.0 Å². The second kappa shape index (κ2) is 23.5. The molecular formula is C37H44Cl2N6O16S2. The van der Waals surface area contributed by atoms with Crippen LogP contribution in [0.15, 0.2) is 79.7 Å². The zero-order valence-corrected chi connectivity index (χ0v) is 36.9. The predicted molar refractivity (Wildman–Crippen MR) is 223 cm³/mol. The molecule has 0 radical (unpaired) electrons. The molecule has 344 valence electrons. The number of benzene rings is 2. The molecule has 63 heavy (non-hydrogen) atoms. The lowest BCUT2D eigenvalue weighted by atomic mass is 10.1. The Hall–Kier alpha value is -5.89. The number of furan rings is 2. The van der Waals surface area contributed by atoms with Gasteiger partial charge in [0.1, 0.15) is 26.9 Å². The summed E-state index contributed by atoms with van der Waals surface area (Å²) in [6.07, 6.45) is 1.99. The van der Waals surface area contributed by atoms with Gasteiger partial charge in [-0.2, -0.15) is 0 Å². The highest BCUT2D eigenvalue weighted by atomic mass is 35.5. The summed E-state index contributed by atoms with van der Waals surface area (Å²) in [6.45, 7) is 4.03. The molecule has 0 aliphatic heterocycles. The summed E-state index contributed by atoms with van der Waals surface area (Å²) in [5.41, 5.74) is 4.45. The van der Waals surface area contributed by atoms with E-state index in [1.54, 1.807) is 45.0 Å². The van der Waals surface area contributed by atoms with Crippen LogP contribution in [0.5, 0.6) is 0 Å². The van der Waals surface area contributed by atoms with Crippen molar-refractivity contribution in [2.24, 2.45) is 16.0 Å². The minimum atomic E-state index is -4.24. The molecule has 1 amide bonds. The van der Waals surface area contributed by atoms with E-state index in [0.717, 1.165) is 12.1 Å². The van der Waals surface area contributed by atoms with Crippen LogP contribution in [0.2, 0.25) is 10.0 Å². The highest BCUT2D eigenvalue weighted by Gasteiger charge is 2.24. The number of halogens is 2. The Morgan fingerprint density at radius 3 is 1.48 bits per heavy atom. The van der Waals surface area contributed by atoms with E-state index in [1.807, 2.05) is 0 Å². The van der Waals surface area contributed by atoms with Crippen molar-refractivity contribution in [1.29, 1.82) is 0 Å². The summed E-state index contributed by atoms with van der Waals surface area (Å²) in [7, 11) is -8.43. The molecule has 0 atom stereocenters. The second-order valence-electron chi connectivity index (χ2n) is 13.5. The first-order valence-electron chi connectivity index (χ1n) is 18.1. The first-order chi connectivity index (χ1) is 29.5. The molecule has 4 aromatic rings. The van der Waals surface area contributed by atoms with Crippen molar-refractivity contribution in [2.45, 2.75) is 62.1 Å². The van der Waals surface area contributed by atoms with E-state index >= 15 is 0 Å². The summed E-state index contributed by atoms with van der Waals surface area (Å²) < 4.78 is 81.7. The minimum absolute atomic E-state index is 0.0377. The summed E-state index contributed by atoms with van der Waals surface area (Å²) in [4.78, 5) is 58.7. The van der Waals surface area contributed by atoms with Crippen LogP contribution in [0.4, 0.5) is 16.2 Å². The van der Waals surface area contributed by atoms with Crippen molar-refractivity contribution in [3.63, 3.8) is 0 Å². The van der Waals surface area contributed by atoms with E-state index in [1.165, 1.54) is 24.7 Å². The number of primary sulfonamides is 2. The number of alkyl carbamates (subject to hydrolysis) is 1. The fraction of sp³-hybridized carbons (Fsp3) is 0.324. The van der Waals surface area contributed by atoms with Gasteiger partial charge in [0, 0.05) is 13.1 Å². The molecule has 4 rings (SSSR count). The lowest BCUT2D eigenvalue weighted by Crippen LogP contribution is -2.33. The number of carbonyl (C=O) groups is 5. The van der Waals surface area contributed by atoms with Crippen molar-refractivity contribution >= 4 is 84.6 Å². The van der Waals surface area contributed by atoms with E-state index in [2.05, 4.69) is 20.7 Å². The zero-order valence-electron chi connectivity index (χ0n) is 33.8. The quantitative estimate of drug-likeness (QED) is 0.0440. The number of esters is 4. The Bertz CT molecular complexity index is 2440. The van der Waals surface area contributed by atoms with Gasteiger partial charge in [-0.25, -0.2) is 41.5 Å². The normalized spacial score (nSPS) is 11.3. The molecule has 9 N–H and O–H groups in total. The SMILES string of the molecule is CC(C)(C)OC(=O)NCCC(=O)OCOC(=O)c1cc(S(N)(=O)=O)c(Cl)cc1NCc1ccco1.NCCC(=O)OCOC(=O)c1cc(S(N)(=O)=O)c(Cl)cc1NCc1ccco1. The number of anilines is 2. The topological polar surface area (TPSA) is 340 Å². The van der Waals surface area contributed by atoms with Gasteiger partial charge in [-0.05, 0) is 69.3 Å². The zero-order chi connectivity index (χ0) is 47.0. The molecule has 0 saturated heterocycles. The fourth-order valence-electron chi connectivity index (χ4n) is 4.66. The molecule has 0 saturated carbocycles. The predicted octanol–water partition coefficient (Wildman–Crippen LogP) is 3.96. The van der Waals surface area contributed by atoms with Crippen molar-refractivity contribution in [3.05, 3.63) is 93.7 Å². The van der Waals surface area contributed by atoms with E-state index in [-0.39, 0.29) is 71.6 Å². The number of hydrogen-bond acceptors (Lipinski definition) is 19. The van der Waals surface area contributed by atoms with Gasteiger partial charge in [0.25, 0.3) is 0 Å². The summed E-state index contributed by atoms with van der Waals surface area (Å²) in [5, 5.41) is 18.1. The molecule has 2 aromatic carbocycles. The largest absolute Gasteiger partial charge is 0.467 e. The van der Waals surface area contributed by atoms with E-state index < -0.39 is 79.0 Å². The van der Waals surface area contributed by atoms with Gasteiger partial charge in [-0.3, -0.25) is 9.59 Å². The summed E-state index contributed by atoms with van der Waals surface area (Å²) in [5.74, 6) is -2.28. The van der Waals surface area contributed by atoms with Gasteiger partial charge in [-0.15, -0.1) is 0 Å².